The molecule has 0 aliphatic carbocycles. The fourth-order valence-corrected chi connectivity index (χ4v) is 5.73. The SMILES string of the molecule is C=[n+]1ccc(=C2C=c3scc(CC(C)C)c3=C[N-]2)cc1-c1cc(C(C)(C)C)c2ccccc2c1. The van der Waals surface area contributed by atoms with Crippen LogP contribution in [-0.2, 0) is 11.8 Å². The molecule has 2 aromatic carbocycles. The molecule has 2 nitrogen and oxygen atoms in total. The lowest BCUT2D eigenvalue weighted by Gasteiger charge is -2.22. The summed E-state index contributed by atoms with van der Waals surface area (Å²) in [4.78, 5) is 0. The topological polar surface area (TPSA) is 20.0 Å². The van der Waals surface area contributed by atoms with Gasteiger partial charge < -0.3 is 5.32 Å². The Kier molecular flexibility index (Phi) is 5.69. The van der Waals surface area contributed by atoms with Crippen LogP contribution in [0.15, 0.2) is 60.1 Å². The first-order valence-corrected chi connectivity index (χ1v) is 12.9. The second-order valence-electron chi connectivity index (χ2n) is 10.7. The van der Waals surface area contributed by atoms with E-state index in [4.69, 9.17) is 5.32 Å². The van der Waals surface area contributed by atoms with Crippen LogP contribution < -0.4 is 19.2 Å². The normalized spacial score (nSPS) is 15.0. The zero-order valence-corrected chi connectivity index (χ0v) is 21.5. The first-order chi connectivity index (χ1) is 16.2. The zero-order chi connectivity index (χ0) is 24.0. The lowest BCUT2D eigenvalue weighted by Crippen LogP contribution is -2.27. The number of aromatic nitrogens is 1. The van der Waals surface area contributed by atoms with Gasteiger partial charge in [-0.25, -0.2) is 0 Å². The van der Waals surface area contributed by atoms with Gasteiger partial charge in [0.25, 0.3) is 0 Å². The Morgan fingerprint density at radius 1 is 1.06 bits per heavy atom. The van der Waals surface area contributed by atoms with Crippen LogP contribution in [0.2, 0.25) is 0 Å². The van der Waals surface area contributed by atoms with Crippen LogP contribution >= 0.6 is 11.3 Å². The number of hydrogen-bond donors (Lipinski definition) is 0. The van der Waals surface area contributed by atoms with Crippen molar-refractivity contribution in [2.75, 3.05) is 0 Å². The van der Waals surface area contributed by atoms with Crippen molar-refractivity contribution in [1.82, 2.24) is 0 Å². The maximum absolute atomic E-state index is 4.87. The Bertz CT molecular complexity index is 1630. The molecule has 4 aromatic rings. The third-order valence-corrected chi connectivity index (χ3v) is 7.46. The summed E-state index contributed by atoms with van der Waals surface area (Å²) in [5, 5.41) is 12.1. The highest BCUT2D eigenvalue weighted by atomic mass is 32.1. The maximum atomic E-state index is 4.87. The molecule has 172 valence electrons. The number of rotatable bonds is 3. The fourth-order valence-electron chi connectivity index (χ4n) is 4.75. The molecule has 3 heterocycles. The van der Waals surface area contributed by atoms with Gasteiger partial charge in [-0.1, -0.05) is 65.0 Å². The maximum Gasteiger partial charge on any atom is 0.217 e. The largest absolute Gasteiger partial charge is 0.663 e. The molecule has 1 aliphatic heterocycles. The first kappa shape index (κ1) is 22.6. The molecule has 1 aliphatic rings. The number of nitrogens with zero attached hydrogens (tertiary/aromatic N) is 2. The van der Waals surface area contributed by atoms with E-state index in [-0.39, 0.29) is 5.41 Å². The van der Waals surface area contributed by atoms with Gasteiger partial charge in [0.1, 0.15) is 6.72 Å². The number of pyridine rings is 1. The Hall–Kier alpha value is -3.17. The molecule has 0 atom stereocenters. The van der Waals surface area contributed by atoms with Crippen LogP contribution in [-0.4, -0.2) is 0 Å². The van der Waals surface area contributed by atoms with E-state index in [0.717, 1.165) is 23.0 Å². The summed E-state index contributed by atoms with van der Waals surface area (Å²) in [5.41, 5.74) is 6.06. The molecule has 0 unspecified atom stereocenters. The van der Waals surface area contributed by atoms with Crippen molar-refractivity contribution in [2.24, 2.45) is 5.92 Å². The van der Waals surface area contributed by atoms with Crippen LogP contribution in [0, 0.1) is 12.6 Å². The predicted molar refractivity (Wildman–Crippen MR) is 146 cm³/mol. The molecular weight excluding hydrogens is 432 g/mol. The minimum atomic E-state index is 0.0404. The van der Waals surface area contributed by atoms with Crippen LogP contribution in [0.3, 0.4) is 0 Å². The highest BCUT2D eigenvalue weighted by Crippen LogP contribution is 2.33. The van der Waals surface area contributed by atoms with Crippen LogP contribution in [0.4, 0.5) is 0 Å². The molecule has 0 radical (unpaired) electrons. The quantitative estimate of drug-likeness (QED) is 0.346. The van der Waals surface area contributed by atoms with Crippen molar-refractivity contribution in [3.63, 3.8) is 0 Å². The summed E-state index contributed by atoms with van der Waals surface area (Å²) < 4.78 is 3.26. The molecular formula is C31H32N2S. The number of fused-ring (bicyclic) bond motifs is 2. The summed E-state index contributed by atoms with van der Waals surface area (Å²) >= 11 is 1.82. The van der Waals surface area contributed by atoms with Gasteiger partial charge >= 0.3 is 0 Å². The molecule has 0 saturated carbocycles. The Labute approximate surface area is 205 Å². The van der Waals surface area contributed by atoms with E-state index in [1.807, 2.05) is 21.8 Å². The molecule has 0 N–H and O–H groups in total. The zero-order valence-electron chi connectivity index (χ0n) is 20.7. The molecule has 0 bridgehead atoms. The van der Waals surface area contributed by atoms with E-state index in [9.17, 15) is 0 Å². The lowest BCUT2D eigenvalue weighted by molar-refractivity contribution is -0.486. The molecule has 34 heavy (non-hydrogen) atoms. The van der Waals surface area contributed by atoms with E-state index in [2.05, 4.69) is 108 Å². The van der Waals surface area contributed by atoms with Crippen LogP contribution in [0.5, 0.6) is 0 Å². The highest BCUT2D eigenvalue weighted by molar-refractivity contribution is 7.08. The van der Waals surface area contributed by atoms with Crippen LogP contribution in [0.25, 0.3) is 45.3 Å². The van der Waals surface area contributed by atoms with Crippen molar-refractivity contribution in [3.05, 3.63) is 98.2 Å². The van der Waals surface area contributed by atoms with E-state index < -0.39 is 0 Å². The van der Waals surface area contributed by atoms with Gasteiger partial charge in [0, 0.05) is 22.2 Å². The van der Waals surface area contributed by atoms with Gasteiger partial charge in [-0.2, -0.15) is 10.4 Å². The van der Waals surface area contributed by atoms with Crippen molar-refractivity contribution in [1.29, 1.82) is 0 Å². The summed E-state index contributed by atoms with van der Waals surface area (Å²) in [6.45, 7) is 15.7. The standard InChI is InChI=1S/C31H32N2S/c1-20(2)13-24-19-34-30-17-28(32-18-26(24)30)22-11-12-33(6)29(16-22)23-14-21-9-7-8-10-25(21)27(15-23)31(3,4)5/h7-12,14-20H,6,13H2,1-5H3. The molecule has 5 rings (SSSR count). The average Bonchev–Trinajstić information content (AvgIpc) is 3.19. The smallest absolute Gasteiger partial charge is 0.217 e. The minimum Gasteiger partial charge on any atom is -0.663 e. The molecule has 0 spiro atoms. The average molecular weight is 465 g/mol. The van der Waals surface area contributed by atoms with Gasteiger partial charge in [0.2, 0.25) is 5.69 Å². The minimum absolute atomic E-state index is 0.0404. The second kappa shape index (κ2) is 8.56. The van der Waals surface area contributed by atoms with Crippen molar-refractivity contribution < 1.29 is 4.24 Å². The van der Waals surface area contributed by atoms with Gasteiger partial charge in [0.05, 0.1) is 0 Å². The molecule has 2 aromatic heterocycles. The van der Waals surface area contributed by atoms with Gasteiger partial charge in [-0.3, -0.25) is 0 Å². The molecule has 0 fully saturated rings. The fraction of sp³-hybridized carbons (Fsp3) is 0.258. The molecule has 0 amide bonds. The van der Waals surface area contributed by atoms with Gasteiger partial charge in [0.15, 0.2) is 6.20 Å². The number of hydrogen-bond acceptors (Lipinski definition) is 1. The summed E-state index contributed by atoms with van der Waals surface area (Å²) in [7, 11) is 0. The second-order valence-corrected chi connectivity index (χ2v) is 11.6. The summed E-state index contributed by atoms with van der Waals surface area (Å²) in [6.07, 6.45) is 7.42. The Morgan fingerprint density at radius 3 is 2.62 bits per heavy atom. The molecule has 3 heteroatoms. The summed E-state index contributed by atoms with van der Waals surface area (Å²) in [5.74, 6) is 0.640. The van der Waals surface area contributed by atoms with E-state index in [1.54, 1.807) is 0 Å². The first-order valence-electron chi connectivity index (χ1n) is 12.0. The van der Waals surface area contributed by atoms with Gasteiger partial charge in [-0.05, 0) is 67.6 Å². The summed E-state index contributed by atoms with van der Waals surface area (Å²) in [6, 6.07) is 17.6. The molecule has 0 saturated heterocycles. The Morgan fingerprint density at radius 2 is 1.85 bits per heavy atom. The highest BCUT2D eigenvalue weighted by Gasteiger charge is 2.20. The van der Waals surface area contributed by atoms with Crippen molar-refractivity contribution in [2.45, 2.75) is 46.5 Å². The Balaban J connectivity index is 1.68. The lowest BCUT2D eigenvalue weighted by atomic mass is 9.82. The number of thiophene rings is 1. The van der Waals surface area contributed by atoms with E-state index in [1.165, 1.54) is 37.2 Å². The third kappa shape index (κ3) is 4.21. The third-order valence-electron chi connectivity index (χ3n) is 6.47. The number of benzene rings is 2. The predicted octanol–water partition coefficient (Wildman–Crippen LogP) is 5.71. The monoisotopic (exact) mass is 464 g/mol. The van der Waals surface area contributed by atoms with Crippen LogP contribution in [0.1, 0.15) is 45.7 Å². The van der Waals surface area contributed by atoms with E-state index in [0.29, 0.717) is 5.92 Å². The van der Waals surface area contributed by atoms with Crippen molar-refractivity contribution in [3.8, 4) is 11.3 Å². The van der Waals surface area contributed by atoms with Gasteiger partial charge in [-0.15, -0.1) is 17.0 Å². The van der Waals surface area contributed by atoms with Crippen molar-refractivity contribution >= 4 is 40.1 Å². The van der Waals surface area contributed by atoms with E-state index >= 15 is 0 Å².